The molecule has 0 radical (unpaired) electrons. The Balaban J connectivity index is 2.96. The molecule has 0 aliphatic heterocycles. The number of hydrogen-bond donors (Lipinski definition) is 1. The highest BCUT2D eigenvalue weighted by atomic mass is 35.5. The number of halogens is 1. The van der Waals surface area contributed by atoms with Crippen molar-refractivity contribution in [2.24, 2.45) is 0 Å². The van der Waals surface area contributed by atoms with Crippen LogP contribution in [0.15, 0.2) is 24.3 Å². The molecule has 0 saturated carbocycles. The van der Waals surface area contributed by atoms with E-state index in [4.69, 9.17) is 17.3 Å². The molecule has 0 saturated heterocycles. The lowest BCUT2D eigenvalue weighted by Gasteiger charge is -2.01. The zero-order valence-corrected chi connectivity index (χ0v) is 8.41. The summed E-state index contributed by atoms with van der Waals surface area (Å²) in [6.07, 6.45) is 2.81. The summed E-state index contributed by atoms with van der Waals surface area (Å²) in [5, 5.41) is 0.505. The molecule has 0 spiro atoms. The predicted molar refractivity (Wildman–Crippen MR) is 56.9 cm³/mol. The molecule has 0 fully saturated rings. The van der Waals surface area contributed by atoms with E-state index in [1.165, 1.54) is 19.3 Å². The highest BCUT2D eigenvalue weighted by Crippen LogP contribution is 2.23. The Kier molecular flexibility index (Phi) is 3.54. The second kappa shape index (κ2) is 4.67. The number of benzene rings is 1. The van der Waals surface area contributed by atoms with Crippen LogP contribution in [0.3, 0.4) is 0 Å². The fraction of sp³-hybridized carbons (Fsp3) is 0.100. The Hall–Kier alpha value is -1.48. The van der Waals surface area contributed by atoms with Gasteiger partial charge in [0.1, 0.15) is 0 Å². The molecule has 0 unspecified atom stereocenters. The normalized spacial score (nSPS) is 10.4. The maximum absolute atomic E-state index is 10.8. The van der Waals surface area contributed by atoms with Gasteiger partial charge in [-0.15, -0.1) is 0 Å². The first-order valence-corrected chi connectivity index (χ1v) is 4.33. The van der Waals surface area contributed by atoms with E-state index in [0.717, 1.165) is 0 Å². The summed E-state index contributed by atoms with van der Waals surface area (Å²) in [5.41, 5.74) is 6.81. The summed E-state index contributed by atoms with van der Waals surface area (Å²) >= 11 is 5.87. The van der Waals surface area contributed by atoms with Gasteiger partial charge in [0.25, 0.3) is 0 Å². The van der Waals surface area contributed by atoms with Gasteiger partial charge in [-0.2, -0.15) is 0 Å². The van der Waals surface area contributed by atoms with Crippen molar-refractivity contribution < 1.29 is 9.53 Å². The van der Waals surface area contributed by atoms with E-state index in [1.807, 2.05) is 0 Å². The Morgan fingerprint density at radius 2 is 2.29 bits per heavy atom. The maximum atomic E-state index is 10.8. The predicted octanol–water partition coefficient (Wildman–Crippen LogP) is 2.11. The van der Waals surface area contributed by atoms with Crippen molar-refractivity contribution in [1.29, 1.82) is 0 Å². The number of carbonyl (C=O) groups excluding carboxylic acids is 1. The molecule has 0 heterocycles. The topological polar surface area (TPSA) is 52.3 Å². The Morgan fingerprint density at radius 3 is 2.86 bits per heavy atom. The zero-order valence-electron chi connectivity index (χ0n) is 7.66. The Bertz CT molecular complexity index is 354. The van der Waals surface area contributed by atoms with Crippen molar-refractivity contribution in [3.8, 4) is 0 Å². The molecule has 0 bridgehead atoms. The lowest BCUT2D eigenvalue weighted by atomic mass is 10.1. The molecule has 1 rings (SSSR count). The number of carbonyl (C=O) groups is 1. The van der Waals surface area contributed by atoms with Crippen LogP contribution in [0.2, 0.25) is 5.02 Å². The quantitative estimate of drug-likeness (QED) is 0.463. The smallest absolute Gasteiger partial charge is 0.330 e. The summed E-state index contributed by atoms with van der Waals surface area (Å²) in [6, 6.07) is 5.16. The lowest BCUT2D eigenvalue weighted by molar-refractivity contribution is -0.134. The largest absolute Gasteiger partial charge is 0.466 e. The second-order valence-corrected chi connectivity index (χ2v) is 3.01. The summed E-state index contributed by atoms with van der Waals surface area (Å²) in [5.74, 6) is -0.440. The highest BCUT2D eigenvalue weighted by Gasteiger charge is 2.00. The van der Waals surface area contributed by atoms with Crippen LogP contribution in [0.4, 0.5) is 5.69 Å². The number of hydrogen-bond acceptors (Lipinski definition) is 3. The van der Waals surface area contributed by atoms with Gasteiger partial charge in [0, 0.05) is 22.3 Å². The number of nitrogen functional groups attached to an aromatic ring is 1. The molecule has 14 heavy (non-hydrogen) atoms. The summed E-state index contributed by atoms with van der Waals surface area (Å²) < 4.78 is 4.44. The molecule has 1 aromatic carbocycles. The number of nitrogens with two attached hydrogens (primary N) is 1. The first-order valence-electron chi connectivity index (χ1n) is 3.95. The minimum atomic E-state index is -0.440. The van der Waals surface area contributed by atoms with Gasteiger partial charge in [0.15, 0.2) is 0 Å². The van der Waals surface area contributed by atoms with Crippen LogP contribution in [0.25, 0.3) is 6.08 Å². The number of esters is 1. The van der Waals surface area contributed by atoms with E-state index >= 15 is 0 Å². The lowest BCUT2D eigenvalue weighted by Crippen LogP contribution is -1.95. The van der Waals surface area contributed by atoms with E-state index in [9.17, 15) is 4.79 Å². The molecule has 3 nitrogen and oxygen atoms in total. The molecule has 0 amide bonds. The molecule has 4 heteroatoms. The van der Waals surface area contributed by atoms with Crippen molar-refractivity contribution in [3.63, 3.8) is 0 Å². The van der Waals surface area contributed by atoms with E-state index < -0.39 is 5.97 Å². The third kappa shape index (κ3) is 2.50. The third-order valence-corrected chi connectivity index (χ3v) is 2.00. The first-order chi connectivity index (χ1) is 6.65. The summed E-state index contributed by atoms with van der Waals surface area (Å²) in [7, 11) is 1.31. The summed E-state index contributed by atoms with van der Waals surface area (Å²) in [4.78, 5) is 10.8. The monoisotopic (exact) mass is 211 g/mol. The van der Waals surface area contributed by atoms with Gasteiger partial charge in [0.05, 0.1) is 7.11 Å². The molecule has 74 valence electrons. The minimum absolute atomic E-state index is 0.440. The number of ether oxygens (including phenoxy) is 1. The average molecular weight is 212 g/mol. The van der Waals surface area contributed by atoms with Crippen molar-refractivity contribution in [3.05, 3.63) is 34.9 Å². The van der Waals surface area contributed by atoms with E-state index in [-0.39, 0.29) is 0 Å². The average Bonchev–Trinajstić information content (AvgIpc) is 2.16. The fourth-order valence-electron chi connectivity index (χ4n) is 0.949. The van der Waals surface area contributed by atoms with Gasteiger partial charge in [-0.3, -0.25) is 0 Å². The number of anilines is 1. The first kappa shape index (κ1) is 10.6. The van der Waals surface area contributed by atoms with Crippen molar-refractivity contribution in [2.45, 2.75) is 0 Å². The molecule has 0 atom stereocenters. The van der Waals surface area contributed by atoms with Crippen molar-refractivity contribution in [2.75, 3.05) is 12.8 Å². The van der Waals surface area contributed by atoms with Crippen molar-refractivity contribution >= 4 is 29.3 Å². The van der Waals surface area contributed by atoms with E-state index in [0.29, 0.717) is 16.3 Å². The molecule has 0 aliphatic rings. The van der Waals surface area contributed by atoms with E-state index in [1.54, 1.807) is 18.2 Å². The molecule has 0 aliphatic carbocycles. The number of methoxy groups -OCH3 is 1. The zero-order chi connectivity index (χ0) is 10.6. The van der Waals surface area contributed by atoms with Gasteiger partial charge in [-0.25, -0.2) is 4.79 Å². The van der Waals surface area contributed by atoms with Crippen LogP contribution < -0.4 is 5.73 Å². The molecular formula is C10H10ClNO2. The second-order valence-electron chi connectivity index (χ2n) is 2.60. The van der Waals surface area contributed by atoms with Crippen LogP contribution in [0.1, 0.15) is 5.56 Å². The minimum Gasteiger partial charge on any atom is -0.466 e. The molecular weight excluding hydrogens is 202 g/mol. The van der Waals surface area contributed by atoms with Gasteiger partial charge in [-0.05, 0) is 18.2 Å². The van der Waals surface area contributed by atoms with Crippen molar-refractivity contribution in [1.82, 2.24) is 0 Å². The van der Waals surface area contributed by atoms with Crippen LogP contribution in [0.5, 0.6) is 0 Å². The standard InChI is InChI=1S/C10H10ClNO2/c1-14-10(13)6-5-7-8(11)3-2-4-9(7)12/h2-6H,12H2,1H3. The van der Waals surface area contributed by atoms with Gasteiger partial charge in [0.2, 0.25) is 0 Å². The van der Waals surface area contributed by atoms with Crippen LogP contribution in [-0.2, 0) is 9.53 Å². The van der Waals surface area contributed by atoms with Crippen LogP contribution in [0, 0.1) is 0 Å². The molecule has 0 aromatic heterocycles. The summed E-state index contributed by atoms with van der Waals surface area (Å²) in [6.45, 7) is 0. The molecule has 2 N–H and O–H groups in total. The Morgan fingerprint density at radius 1 is 1.57 bits per heavy atom. The van der Waals surface area contributed by atoms with Gasteiger partial charge >= 0.3 is 5.97 Å². The SMILES string of the molecule is COC(=O)C=Cc1c(N)cccc1Cl. The highest BCUT2D eigenvalue weighted by molar-refractivity contribution is 6.32. The van der Waals surface area contributed by atoms with E-state index in [2.05, 4.69) is 4.74 Å². The molecule has 1 aromatic rings. The van der Waals surface area contributed by atoms with Crippen LogP contribution >= 0.6 is 11.6 Å². The number of rotatable bonds is 2. The Labute approximate surface area is 87.1 Å². The van der Waals surface area contributed by atoms with Gasteiger partial charge < -0.3 is 10.5 Å². The van der Waals surface area contributed by atoms with Crippen LogP contribution in [-0.4, -0.2) is 13.1 Å². The van der Waals surface area contributed by atoms with Gasteiger partial charge in [-0.1, -0.05) is 17.7 Å². The maximum Gasteiger partial charge on any atom is 0.330 e. The fourth-order valence-corrected chi connectivity index (χ4v) is 1.19. The third-order valence-electron chi connectivity index (χ3n) is 1.67.